The molecule has 6 heteroatoms. The topological polar surface area (TPSA) is 49.4 Å². The van der Waals surface area contributed by atoms with Crippen LogP contribution in [0.2, 0.25) is 5.02 Å². The molecule has 1 aromatic rings. The number of carboxylic acids is 1. The van der Waals surface area contributed by atoms with Crippen molar-refractivity contribution in [1.29, 1.82) is 0 Å². The van der Waals surface area contributed by atoms with Crippen molar-refractivity contribution in [3.05, 3.63) is 28.8 Å². The molecule has 0 aliphatic carbocycles. The van der Waals surface area contributed by atoms with Crippen molar-refractivity contribution in [2.75, 3.05) is 0 Å². The van der Waals surface area contributed by atoms with Gasteiger partial charge in [0.15, 0.2) is 5.75 Å². The minimum atomic E-state index is -1.54. The van der Waals surface area contributed by atoms with E-state index in [1.165, 1.54) is 12.1 Å². The fraction of sp³-hybridized carbons (Fsp3) is 0. The Morgan fingerprint density at radius 1 is 1.54 bits per heavy atom. The molecule has 0 N–H and O–H groups in total. The molecule has 0 saturated heterocycles. The van der Waals surface area contributed by atoms with Gasteiger partial charge in [0.2, 0.25) is 0 Å². The van der Waals surface area contributed by atoms with Crippen LogP contribution in [0.1, 0.15) is 10.4 Å². The summed E-state index contributed by atoms with van der Waals surface area (Å²) >= 11 is 5.42. The zero-order valence-electron chi connectivity index (χ0n) is 6.71. The number of carbonyl (C=O) groups excluding carboxylic acids is 1. The van der Waals surface area contributed by atoms with Gasteiger partial charge < -0.3 is 9.90 Å². The van der Waals surface area contributed by atoms with Crippen LogP contribution in [0.3, 0.4) is 0 Å². The largest absolute Gasteiger partial charge is 1.00 e. The fourth-order valence-corrected chi connectivity index (χ4v) is 0.952. The van der Waals surface area contributed by atoms with E-state index in [0.29, 0.717) is 0 Å². The van der Waals surface area contributed by atoms with Gasteiger partial charge in [-0.1, -0.05) is 17.7 Å². The van der Waals surface area contributed by atoms with E-state index < -0.39 is 17.3 Å². The molecule has 0 spiro atoms. The SMILES string of the molecule is O=C([O-])c1cccc(Cl)c1OF.[Na+]. The first-order chi connectivity index (χ1) is 5.66. The number of carboxylic acid groups (broad SMARTS) is 1. The number of hydrogen-bond donors (Lipinski definition) is 0. The predicted molar refractivity (Wildman–Crippen MR) is 37.5 cm³/mol. The van der Waals surface area contributed by atoms with E-state index in [4.69, 9.17) is 11.6 Å². The van der Waals surface area contributed by atoms with Crippen LogP contribution in [-0.2, 0) is 0 Å². The Kier molecular flexibility index (Phi) is 5.32. The third kappa shape index (κ3) is 2.84. The minimum absolute atomic E-state index is 0. The minimum Gasteiger partial charge on any atom is -0.545 e. The molecule has 0 aliphatic heterocycles. The van der Waals surface area contributed by atoms with Crippen molar-refractivity contribution in [2.24, 2.45) is 0 Å². The Balaban J connectivity index is 0.00000144. The maximum absolute atomic E-state index is 11.7. The van der Waals surface area contributed by atoms with E-state index in [9.17, 15) is 14.4 Å². The molecule has 3 nitrogen and oxygen atoms in total. The first kappa shape index (κ1) is 12.7. The van der Waals surface area contributed by atoms with Crippen LogP contribution in [0.25, 0.3) is 0 Å². The molecule has 0 amide bonds. The maximum Gasteiger partial charge on any atom is 1.00 e. The van der Waals surface area contributed by atoms with Gasteiger partial charge in [0.25, 0.3) is 0 Å². The van der Waals surface area contributed by atoms with Gasteiger partial charge in [-0.15, -0.1) is 0 Å². The summed E-state index contributed by atoms with van der Waals surface area (Å²) in [5.74, 6) is -2.07. The number of halogens is 2. The van der Waals surface area contributed by atoms with Crippen LogP contribution in [0.5, 0.6) is 5.75 Å². The molecule has 1 aromatic carbocycles. The van der Waals surface area contributed by atoms with E-state index in [1.807, 2.05) is 0 Å². The summed E-state index contributed by atoms with van der Waals surface area (Å²) in [6, 6.07) is 3.80. The molecule has 0 radical (unpaired) electrons. The Morgan fingerprint density at radius 3 is 2.54 bits per heavy atom. The maximum atomic E-state index is 11.7. The summed E-state index contributed by atoms with van der Waals surface area (Å²) < 4.78 is 11.7. The molecule has 0 aliphatic rings. The van der Waals surface area contributed by atoms with E-state index >= 15 is 0 Å². The van der Waals surface area contributed by atoms with Gasteiger partial charge in [-0.3, -0.25) is 4.94 Å². The van der Waals surface area contributed by atoms with E-state index in [0.717, 1.165) is 6.07 Å². The first-order valence-electron chi connectivity index (χ1n) is 2.95. The molecule has 1 rings (SSSR count). The number of rotatable bonds is 2. The normalized spacial score (nSPS) is 8.77. The van der Waals surface area contributed by atoms with Gasteiger partial charge in [-0.05, 0) is 12.1 Å². The van der Waals surface area contributed by atoms with Gasteiger partial charge in [-0.2, -0.15) is 0 Å². The standard InChI is InChI=1S/C7H4ClFO3.Na/c8-5-3-1-2-4(7(10)11)6(5)12-9;/h1-3H,(H,10,11);/q;+1/p-1. The van der Waals surface area contributed by atoms with Crippen LogP contribution in [0.4, 0.5) is 4.53 Å². The molecular formula is C7H3ClFNaO3. The summed E-state index contributed by atoms with van der Waals surface area (Å²) in [4.78, 5) is 13.6. The molecule has 0 unspecified atom stereocenters. The van der Waals surface area contributed by atoms with Crippen molar-refractivity contribution in [2.45, 2.75) is 0 Å². The summed E-state index contributed by atoms with van der Waals surface area (Å²) in [7, 11) is 0. The average molecular weight is 213 g/mol. The van der Waals surface area contributed by atoms with Crippen LogP contribution < -0.4 is 39.6 Å². The van der Waals surface area contributed by atoms with Crippen molar-refractivity contribution < 1.29 is 48.9 Å². The van der Waals surface area contributed by atoms with Gasteiger partial charge in [0, 0.05) is 10.1 Å². The Labute approximate surface area is 101 Å². The monoisotopic (exact) mass is 212 g/mol. The zero-order valence-corrected chi connectivity index (χ0v) is 9.47. The smallest absolute Gasteiger partial charge is 0.545 e. The summed E-state index contributed by atoms with van der Waals surface area (Å²) in [5.41, 5.74) is -0.412. The average Bonchev–Trinajstić information content (AvgIpc) is 2.03. The zero-order chi connectivity index (χ0) is 9.14. The van der Waals surface area contributed by atoms with Crippen molar-refractivity contribution >= 4 is 17.6 Å². The van der Waals surface area contributed by atoms with Gasteiger partial charge in [0.1, 0.15) is 0 Å². The molecule has 0 saturated carbocycles. The molecule has 0 aromatic heterocycles. The number of carbonyl (C=O) groups is 1. The van der Waals surface area contributed by atoms with E-state index in [1.54, 1.807) is 0 Å². The van der Waals surface area contributed by atoms with Crippen LogP contribution in [-0.4, -0.2) is 5.97 Å². The Morgan fingerprint density at radius 2 is 2.15 bits per heavy atom. The quantitative estimate of drug-likeness (QED) is 0.532. The van der Waals surface area contributed by atoms with Gasteiger partial charge in [-0.25, -0.2) is 0 Å². The summed E-state index contributed by atoms with van der Waals surface area (Å²) in [6.07, 6.45) is 0. The second-order valence-electron chi connectivity index (χ2n) is 1.98. The molecule has 0 heterocycles. The third-order valence-electron chi connectivity index (χ3n) is 1.26. The molecule has 64 valence electrons. The number of aromatic carboxylic acids is 1. The number of para-hydroxylation sites is 1. The number of benzene rings is 1. The van der Waals surface area contributed by atoms with Crippen LogP contribution in [0, 0.1) is 0 Å². The Bertz CT molecular complexity index is 319. The summed E-state index contributed by atoms with van der Waals surface area (Å²) in [6.45, 7) is 0. The second kappa shape index (κ2) is 5.44. The molecular weight excluding hydrogens is 210 g/mol. The third-order valence-corrected chi connectivity index (χ3v) is 1.56. The predicted octanol–water partition coefficient (Wildman–Crippen LogP) is -2.03. The molecule has 0 fully saturated rings. The first-order valence-corrected chi connectivity index (χ1v) is 3.33. The van der Waals surface area contributed by atoms with Crippen molar-refractivity contribution in [3.8, 4) is 5.75 Å². The van der Waals surface area contributed by atoms with E-state index in [-0.39, 0.29) is 34.6 Å². The molecule has 0 atom stereocenters. The van der Waals surface area contributed by atoms with E-state index in [2.05, 4.69) is 4.94 Å². The summed E-state index contributed by atoms with van der Waals surface area (Å²) in [5, 5.41) is 10.2. The van der Waals surface area contributed by atoms with Gasteiger partial charge in [0.05, 0.1) is 11.0 Å². The van der Waals surface area contributed by atoms with Gasteiger partial charge >= 0.3 is 29.6 Å². The van der Waals surface area contributed by atoms with Crippen LogP contribution in [0.15, 0.2) is 18.2 Å². The van der Waals surface area contributed by atoms with Crippen LogP contribution >= 0.6 is 11.6 Å². The van der Waals surface area contributed by atoms with Crippen molar-refractivity contribution in [1.82, 2.24) is 0 Å². The van der Waals surface area contributed by atoms with Crippen molar-refractivity contribution in [3.63, 3.8) is 0 Å². The fourth-order valence-electron chi connectivity index (χ4n) is 0.748. The second-order valence-corrected chi connectivity index (χ2v) is 2.39. The molecule has 0 bridgehead atoms. The molecule has 13 heavy (non-hydrogen) atoms. The Hall–Kier alpha value is -0.290. The number of hydrogen-bond acceptors (Lipinski definition) is 3.